The number of nitrogens with one attached hydrogen (secondary N) is 1. The summed E-state index contributed by atoms with van der Waals surface area (Å²) in [5.74, 6) is -0.348. The molecule has 0 spiro atoms. The highest BCUT2D eigenvalue weighted by Crippen LogP contribution is 2.30. The van der Waals surface area contributed by atoms with Gasteiger partial charge >= 0.3 is 0 Å². The lowest BCUT2D eigenvalue weighted by Crippen LogP contribution is -2.14. The van der Waals surface area contributed by atoms with Crippen LogP contribution in [0.3, 0.4) is 0 Å². The molecular weight excluding hydrogens is 389 g/mol. The second-order valence-electron chi connectivity index (χ2n) is 5.12. The number of hydrogen-bond acceptors (Lipinski definition) is 4. The fourth-order valence-electron chi connectivity index (χ4n) is 2.34. The SMILES string of the molecule is CCOc1ccc(C(=O)Nc2c(Cl)cncc2Cl)c2cc(C(F)F)nn12. The van der Waals surface area contributed by atoms with E-state index in [1.807, 2.05) is 0 Å². The summed E-state index contributed by atoms with van der Waals surface area (Å²) in [5.41, 5.74) is -0.0120. The van der Waals surface area contributed by atoms with E-state index in [1.165, 1.54) is 24.5 Å². The Kier molecular flexibility index (Phi) is 5.24. The van der Waals surface area contributed by atoms with Gasteiger partial charge in [0, 0.05) is 18.5 Å². The number of nitrogens with zero attached hydrogens (tertiary/aromatic N) is 3. The van der Waals surface area contributed by atoms with Crippen LogP contribution in [0.2, 0.25) is 10.0 Å². The van der Waals surface area contributed by atoms with Crippen molar-refractivity contribution in [2.24, 2.45) is 0 Å². The van der Waals surface area contributed by atoms with Crippen molar-refractivity contribution in [3.05, 3.63) is 51.9 Å². The van der Waals surface area contributed by atoms with E-state index in [0.717, 1.165) is 10.6 Å². The topological polar surface area (TPSA) is 68.5 Å². The number of fused-ring (bicyclic) bond motifs is 1. The molecule has 0 fully saturated rings. The normalized spacial score (nSPS) is 11.2. The maximum atomic E-state index is 13.0. The lowest BCUT2D eigenvalue weighted by Gasteiger charge is -2.11. The van der Waals surface area contributed by atoms with Crippen LogP contribution >= 0.6 is 23.2 Å². The number of aromatic nitrogens is 3. The fraction of sp³-hybridized carbons (Fsp3) is 0.188. The predicted octanol–water partition coefficient (Wildman–Crippen LogP) is 4.62. The Bertz CT molecular complexity index is 958. The van der Waals surface area contributed by atoms with Gasteiger partial charge in [-0.2, -0.15) is 9.61 Å². The molecule has 6 nitrogen and oxygen atoms in total. The van der Waals surface area contributed by atoms with Gasteiger partial charge in [0.2, 0.25) is 5.88 Å². The molecule has 0 atom stereocenters. The van der Waals surface area contributed by atoms with Crippen LogP contribution in [0.1, 0.15) is 29.4 Å². The van der Waals surface area contributed by atoms with E-state index in [1.54, 1.807) is 6.92 Å². The van der Waals surface area contributed by atoms with Crippen LogP contribution in [-0.4, -0.2) is 27.1 Å². The maximum absolute atomic E-state index is 13.0. The maximum Gasteiger partial charge on any atom is 0.282 e. The second-order valence-corrected chi connectivity index (χ2v) is 5.93. The molecule has 10 heteroatoms. The number of anilines is 1. The van der Waals surface area contributed by atoms with Gasteiger partial charge in [-0.15, -0.1) is 0 Å². The van der Waals surface area contributed by atoms with Crippen molar-refractivity contribution in [3.63, 3.8) is 0 Å². The first-order valence-electron chi connectivity index (χ1n) is 7.46. The van der Waals surface area contributed by atoms with Crippen molar-refractivity contribution >= 4 is 40.3 Å². The van der Waals surface area contributed by atoms with E-state index < -0.39 is 18.0 Å². The zero-order valence-corrected chi connectivity index (χ0v) is 14.9. The summed E-state index contributed by atoms with van der Waals surface area (Å²) in [4.78, 5) is 16.5. The summed E-state index contributed by atoms with van der Waals surface area (Å²) >= 11 is 12.0. The molecule has 0 aliphatic heterocycles. The van der Waals surface area contributed by atoms with Gasteiger partial charge in [0.1, 0.15) is 5.69 Å². The Morgan fingerprint density at radius 3 is 2.62 bits per heavy atom. The summed E-state index contributed by atoms with van der Waals surface area (Å²) in [6, 6.07) is 4.07. The standard InChI is InChI=1S/C16H12Cl2F2N4O2/c1-2-26-13-4-3-8(12-5-11(15(19)20)23-24(12)13)16(25)22-14-9(17)6-21-7-10(14)18/h3-7,15H,2H2,1H3,(H,21,22,25). The molecule has 0 aromatic carbocycles. The number of hydrogen-bond donors (Lipinski definition) is 1. The zero-order chi connectivity index (χ0) is 18.8. The predicted molar refractivity (Wildman–Crippen MR) is 93.5 cm³/mol. The van der Waals surface area contributed by atoms with Gasteiger partial charge in [0.05, 0.1) is 33.4 Å². The first kappa shape index (κ1) is 18.3. The molecule has 0 aliphatic carbocycles. The molecule has 0 saturated heterocycles. The Balaban J connectivity index is 2.06. The second kappa shape index (κ2) is 7.43. The number of halogens is 4. The van der Waals surface area contributed by atoms with E-state index in [-0.39, 0.29) is 32.7 Å². The number of carbonyl (C=O) groups excluding carboxylic acids is 1. The van der Waals surface area contributed by atoms with Crippen molar-refractivity contribution in [2.75, 3.05) is 11.9 Å². The lowest BCUT2D eigenvalue weighted by atomic mass is 10.2. The summed E-state index contributed by atoms with van der Waals surface area (Å²) in [5, 5.41) is 6.68. The van der Waals surface area contributed by atoms with Crippen molar-refractivity contribution in [3.8, 4) is 5.88 Å². The number of rotatable bonds is 5. The monoisotopic (exact) mass is 400 g/mol. The Hall–Kier alpha value is -2.45. The van der Waals surface area contributed by atoms with Gasteiger partial charge in [-0.25, -0.2) is 8.78 Å². The van der Waals surface area contributed by atoms with Gasteiger partial charge in [-0.05, 0) is 19.1 Å². The Morgan fingerprint density at radius 1 is 1.31 bits per heavy atom. The highest BCUT2D eigenvalue weighted by Gasteiger charge is 2.21. The molecule has 0 aliphatic rings. The molecule has 3 heterocycles. The number of ether oxygens (including phenoxy) is 1. The Labute approximate surface area is 156 Å². The summed E-state index contributed by atoms with van der Waals surface area (Å²) in [6.45, 7) is 2.06. The van der Waals surface area contributed by atoms with Crippen LogP contribution < -0.4 is 10.1 Å². The van der Waals surface area contributed by atoms with Crippen molar-refractivity contribution < 1.29 is 18.3 Å². The van der Waals surface area contributed by atoms with Crippen LogP contribution in [-0.2, 0) is 0 Å². The molecule has 136 valence electrons. The highest BCUT2D eigenvalue weighted by molar-refractivity contribution is 6.39. The largest absolute Gasteiger partial charge is 0.478 e. The zero-order valence-electron chi connectivity index (χ0n) is 13.3. The number of amides is 1. The molecule has 3 aromatic heterocycles. The molecule has 3 rings (SSSR count). The summed E-state index contributed by atoms with van der Waals surface area (Å²) < 4.78 is 32.6. The number of carbonyl (C=O) groups is 1. The minimum Gasteiger partial charge on any atom is -0.478 e. The summed E-state index contributed by atoms with van der Waals surface area (Å²) in [6.07, 6.45) is -0.140. The third-order valence-corrected chi connectivity index (χ3v) is 4.03. The van der Waals surface area contributed by atoms with Gasteiger partial charge < -0.3 is 10.1 Å². The molecule has 0 radical (unpaired) electrons. The molecule has 3 aromatic rings. The van der Waals surface area contributed by atoms with Crippen LogP contribution in [0, 0.1) is 0 Å². The van der Waals surface area contributed by atoms with Gasteiger partial charge in [0.15, 0.2) is 0 Å². The first-order valence-corrected chi connectivity index (χ1v) is 8.22. The third-order valence-electron chi connectivity index (χ3n) is 3.46. The first-order chi connectivity index (χ1) is 12.4. The molecule has 1 N–H and O–H groups in total. The smallest absolute Gasteiger partial charge is 0.282 e. The minimum atomic E-state index is -2.79. The van der Waals surface area contributed by atoms with E-state index in [4.69, 9.17) is 27.9 Å². The average Bonchev–Trinajstić information content (AvgIpc) is 3.04. The van der Waals surface area contributed by atoms with E-state index >= 15 is 0 Å². The number of alkyl halides is 2. The van der Waals surface area contributed by atoms with Crippen LogP contribution in [0.25, 0.3) is 5.52 Å². The lowest BCUT2D eigenvalue weighted by molar-refractivity contribution is 0.102. The average molecular weight is 401 g/mol. The number of pyridine rings is 2. The minimum absolute atomic E-state index is 0.108. The molecule has 1 amide bonds. The molecule has 0 bridgehead atoms. The van der Waals surface area contributed by atoms with Gasteiger partial charge in [-0.3, -0.25) is 9.78 Å². The van der Waals surface area contributed by atoms with Crippen LogP contribution in [0.5, 0.6) is 5.88 Å². The molecule has 0 unspecified atom stereocenters. The fourth-order valence-corrected chi connectivity index (χ4v) is 2.80. The van der Waals surface area contributed by atoms with E-state index in [0.29, 0.717) is 6.61 Å². The van der Waals surface area contributed by atoms with Gasteiger partial charge in [-0.1, -0.05) is 23.2 Å². The molecular formula is C16H12Cl2F2N4O2. The van der Waals surface area contributed by atoms with Crippen molar-refractivity contribution in [1.29, 1.82) is 0 Å². The third kappa shape index (κ3) is 3.42. The van der Waals surface area contributed by atoms with E-state index in [9.17, 15) is 13.6 Å². The van der Waals surface area contributed by atoms with E-state index in [2.05, 4.69) is 15.4 Å². The van der Waals surface area contributed by atoms with Crippen molar-refractivity contribution in [2.45, 2.75) is 13.3 Å². The van der Waals surface area contributed by atoms with Gasteiger partial charge in [0.25, 0.3) is 12.3 Å². The highest BCUT2D eigenvalue weighted by atomic mass is 35.5. The van der Waals surface area contributed by atoms with Crippen LogP contribution in [0.4, 0.5) is 14.5 Å². The van der Waals surface area contributed by atoms with Crippen molar-refractivity contribution in [1.82, 2.24) is 14.6 Å². The Morgan fingerprint density at radius 2 is 2.00 bits per heavy atom. The molecule has 0 saturated carbocycles. The summed E-state index contributed by atoms with van der Waals surface area (Å²) in [7, 11) is 0. The van der Waals surface area contributed by atoms with Crippen LogP contribution in [0.15, 0.2) is 30.6 Å². The quantitative estimate of drug-likeness (QED) is 0.677. The molecule has 26 heavy (non-hydrogen) atoms.